The summed E-state index contributed by atoms with van der Waals surface area (Å²) in [6.45, 7) is 3.59. The van der Waals surface area contributed by atoms with Crippen LogP contribution in [0.3, 0.4) is 0 Å². The molecule has 0 unspecified atom stereocenters. The first-order chi connectivity index (χ1) is 24.1. The van der Waals surface area contributed by atoms with Crippen molar-refractivity contribution in [3.05, 3.63) is 182 Å². The number of Topliss-reactive ketones (excluding diaryl/α,β-unsaturated/α-hetero) is 1. The Morgan fingerprint density at radius 2 is 0.694 bits per heavy atom. The molecule has 0 aliphatic rings. The van der Waals surface area contributed by atoms with E-state index in [1.165, 1.54) is 0 Å². The van der Waals surface area contributed by atoms with Gasteiger partial charge in [-0.25, -0.2) is 0 Å². The highest BCUT2D eigenvalue weighted by molar-refractivity contribution is 7.07. The van der Waals surface area contributed by atoms with E-state index in [9.17, 15) is 4.79 Å². The highest BCUT2D eigenvalue weighted by Gasteiger charge is 2.46. The number of ketones is 1. The molecule has 0 aliphatic heterocycles. The number of hydrogen-bond acceptors (Lipinski definition) is 5. The summed E-state index contributed by atoms with van der Waals surface area (Å²) in [6, 6.07) is 61.1. The van der Waals surface area contributed by atoms with E-state index in [2.05, 4.69) is 72.8 Å². The van der Waals surface area contributed by atoms with Gasteiger partial charge in [0.2, 0.25) is 0 Å². The molecule has 0 saturated carbocycles. The number of nitrogens with zero attached hydrogens (tertiary/aromatic N) is 2. The second kappa shape index (κ2) is 15.5. The zero-order valence-corrected chi connectivity index (χ0v) is 29.6. The molecule has 6 aromatic carbocycles. The number of carbonyl (C=O) groups is 1. The second-order valence-electron chi connectivity index (χ2n) is 11.6. The Hall–Kier alpha value is -5.64. The van der Waals surface area contributed by atoms with Crippen molar-refractivity contribution in [1.29, 1.82) is 0 Å². The van der Waals surface area contributed by atoms with Gasteiger partial charge in [-0.15, -0.1) is 5.16 Å². The van der Waals surface area contributed by atoms with Crippen molar-refractivity contribution in [2.45, 2.75) is 20.3 Å². The monoisotopic (exact) mass is 674 g/mol. The van der Waals surface area contributed by atoms with Crippen LogP contribution in [0.5, 0.6) is 0 Å². The molecule has 6 rings (SSSR count). The molecule has 7 heteroatoms. The van der Waals surface area contributed by atoms with Crippen LogP contribution >= 0.6 is 0 Å². The maximum Gasteiger partial charge on any atom is 0.380 e. The lowest BCUT2D eigenvalue weighted by atomic mass is 10.1. The maximum atomic E-state index is 13.7. The fourth-order valence-electron chi connectivity index (χ4n) is 6.13. The summed E-state index contributed by atoms with van der Waals surface area (Å²) in [6.07, 6.45) is 0.226. The Balaban J connectivity index is 1.51. The molecule has 0 aromatic heterocycles. The molecule has 0 amide bonds. The highest BCUT2D eigenvalue weighted by Crippen LogP contribution is 2.14. The van der Waals surface area contributed by atoms with Crippen LogP contribution in [0, 0.1) is 0 Å². The van der Waals surface area contributed by atoms with E-state index < -0.39 is 16.6 Å². The predicted molar refractivity (Wildman–Crippen MR) is 206 cm³/mol. The molecule has 6 aromatic rings. The topological polar surface area (TPSA) is 60.2 Å². The number of carbonyl (C=O) groups excluding carboxylic acids is 1. The molecule has 242 valence electrons. The van der Waals surface area contributed by atoms with Crippen LogP contribution in [0.4, 0.5) is 0 Å². The third-order valence-corrected chi connectivity index (χ3v) is 16.2. The fourth-order valence-corrected chi connectivity index (χ4v) is 13.2. The van der Waals surface area contributed by atoms with Gasteiger partial charge in [0, 0.05) is 6.42 Å². The quantitative estimate of drug-likeness (QED) is 0.0745. The summed E-state index contributed by atoms with van der Waals surface area (Å²) in [7, 11) is -6.42. The average Bonchev–Trinajstić information content (AvgIpc) is 3.19. The molecule has 0 fully saturated rings. The van der Waals surface area contributed by atoms with E-state index in [-0.39, 0.29) is 17.9 Å². The SMILES string of the molecule is CCC(=O)C(=N\O[Si](c1ccccc1)(c1ccccc1)c1ccccc1)/C(C)=N/O[Si](c1ccccc1)(c1ccccc1)c1ccccc1. The molecule has 5 nitrogen and oxygen atoms in total. The van der Waals surface area contributed by atoms with Crippen LogP contribution in [0.15, 0.2) is 192 Å². The molecule has 0 saturated heterocycles. The predicted octanol–water partition coefficient (Wildman–Crippen LogP) is 5.06. The van der Waals surface area contributed by atoms with Gasteiger partial charge in [-0.2, -0.15) is 0 Å². The lowest BCUT2D eigenvalue weighted by Crippen LogP contribution is -2.69. The van der Waals surface area contributed by atoms with Gasteiger partial charge in [-0.3, -0.25) is 4.79 Å². The van der Waals surface area contributed by atoms with Gasteiger partial charge in [0.05, 0.1) is 0 Å². The van der Waals surface area contributed by atoms with Crippen molar-refractivity contribution in [2.75, 3.05) is 0 Å². The van der Waals surface area contributed by atoms with E-state index in [1.54, 1.807) is 6.92 Å². The molecule has 0 radical (unpaired) electrons. The Morgan fingerprint density at radius 3 is 0.939 bits per heavy atom. The first-order valence-corrected chi connectivity index (χ1v) is 20.3. The Morgan fingerprint density at radius 1 is 0.449 bits per heavy atom. The smallest absolute Gasteiger partial charge is 0.380 e. The normalized spacial score (nSPS) is 12.3. The van der Waals surface area contributed by atoms with Crippen molar-refractivity contribution in [2.24, 2.45) is 10.3 Å². The lowest BCUT2D eigenvalue weighted by molar-refractivity contribution is -0.112. The van der Waals surface area contributed by atoms with E-state index in [4.69, 9.17) is 19.4 Å². The third-order valence-electron chi connectivity index (χ3n) is 8.60. The van der Waals surface area contributed by atoms with Gasteiger partial charge in [-0.1, -0.05) is 194 Å². The minimum Gasteiger partial charge on any atom is -0.438 e. The number of benzene rings is 6. The van der Waals surface area contributed by atoms with Gasteiger partial charge in [-0.05, 0) is 38.0 Å². The molecule has 0 N–H and O–H groups in total. The molecular formula is C42H38N2O3Si2. The molecule has 0 atom stereocenters. The average molecular weight is 675 g/mol. The standard InChI is InChI=1S/C42H38N2O3Si2/c1-3-41(45)42(44-47-49(38-28-16-7-17-29-38,39-30-18-8-19-31-39)40-32-20-9-21-33-40)34(2)43-46-48(35-22-10-4-11-23-35,36-24-12-5-13-25-36)37-26-14-6-15-27-37/h4-33H,3H2,1-2H3/b43-34+,44-42-. The minimum atomic E-state index is -3.24. The number of rotatable bonds is 13. The van der Waals surface area contributed by atoms with Crippen LogP contribution in [0.2, 0.25) is 0 Å². The van der Waals surface area contributed by atoms with Crippen LogP contribution in [0.1, 0.15) is 20.3 Å². The summed E-state index contributed by atoms with van der Waals surface area (Å²) in [5.41, 5.74) is 0.489. The third kappa shape index (κ3) is 6.85. The number of hydrogen-bond donors (Lipinski definition) is 0. The largest absolute Gasteiger partial charge is 0.438 e. The molecule has 0 bridgehead atoms. The van der Waals surface area contributed by atoms with E-state index in [0.29, 0.717) is 5.71 Å². The molecule has 0 heterocycles. The minimum absolute atomic E-state index is 0.138. The van der Waals surface area contributed by atoms with Gasteiger partial charge in [0.1, 0.15) is 5.71 Å². The molecular weight excluding hydrogens is 637 g/mol. The Bertz CT molecular complexity index is 1810. The van der Waals surface area contributed by atoms with Crippen molar-refractivity contribution >= 4 is 65.0 Å². The summed E-state index contributed by atoms with van der Waals surface area (Å²) in [5, 5.41) is 15.6. The van der Waals surface area contributed by atoms with E-state index >= 15 is 0 Å². The summed E-state index contributed by atoms with van der Waals surface area (Å²) in [5.74, 6) is -0.187. The molecule has 0 aliphatic carbocycles. The molecule has 0 spiro atoms. The maximum absolute atomic E-state index is 13.7. The summed E-state index contributed by atoms with van der Waals surface area (Å²) in [4.78, 5) is 13.7. The van der Waals surface area contributed by atoms with E-state index in [0.717, 1.165) is 31.1 Å². The van der Waals surface area contributed by atoms with Gasteiger partial charge in [0.25, 0.3) is 0 Å². The van der Waals surface area contributed by atoms with Gasteiger partial charge >= 0.3 is 16.6 Å². The zero-order valence-electron chi connectivity index (χ0n) is 27.6. The highest BCUT2D eigenvalue weighted by atomic mass is 28.4. The van der Waals surface area contributed by atoms with E-state index in [1.807, 2.05) is 116 Å². The first kappa shape index (κ1) is 33.3. The van der Waals surface area contributed by atoms with Gasteiger partial charge in [0.15, 0.2) is 11.5 Å². The van der Waals surface area contributed by atoms with Crippen molar-refractivity contribution in [3.63, 3.8) is 0 Å². The van der Waals surface area contributed by atoms with Crippen molar-refractivity contribution in [3.8, 4) is 0 Å². The van der Waals surface area contributed by atoms with Crippen molar-refractivity contribution in [1.82, 2.24) is 0 Å². The van der Waals surface area contributed by atoms with Crippen LogP contribution in [-0.4, -0.2) is 33.8 Å². The summed E-state index contributed by atoms with van der Waals surface area (Å²) >= 11 is 0. The Labute approximate surface area is 290 Å². The molecule has 49 heavy (non-hydrogen) atoms. The Kier molecular flexibility index (Phi) is 10.5. The van der Waals surface area contributed by atoms with Gasteiger partial charge < -0.3 is 9.05 Å². The fraction of sp³-hybridized carbons (Fsp3) is 0.0714. The summed E-state index contributed by atoms with van der Waals surface area (Å²) < 4.78 is 13.7. The number of oxime groups is 2. The lowest BCUT2D eigenvalue weighted by Gasteiger charge is -2.31. The van der Waals surface area contributed by atoms with Crippen LogP contribution in [-0.2, 0) is 13.8 Å². The van der Waals surface area contributed by atoms with Crippen LogP contribution in [0.25, 0.3) is 0 Å². The second-order valence-corrected chi connectivity index (χ2v) is 18.2. The zero-order chi connectivity index (χ0) is 33.9. The first-order valence-electron chi connectivity index (χ1n) is 16.4. The van der Waals surface area contributed by atoms with Crippen LogP contribution < -0.4 is 31.1 Å². The van der Waals surface area contributed by atoms with Crippen molar-refractivity contribution < 1.29 is 13.8 Å².